The Kier molecular flexibility index (Phi) is 11.2. The third kappa shape index (κ3) is 8.00. The van der Waals surface area contributed by atoms with E-state index < -0.39 is 14.9 Å². The molecule has 25 heavy (non-hydrogen) atoms. The van der Waals surface area contributed by atoms with Crippen molar-refractivity contribution in [1.82, 2.24) is 9.55 Å². The zero-order valence-corrected chi connectivity index (χ0v) is 17.3. The van der Waals surface area contributed by atoms with E-state index in [1.165, 1.54) is 0 Å². The van der Waals surface area contributed by atoms with Crippen LogP contribution < -0.4 is 0 Å². The van der Waals surface area contributed by atoms with Crippen molar-refractivity contribution in [2.75, 3.05) is 19.8 Å². The molecule has 1 heterocycles. The van der Waals surface area contributed by atoms with Crippen molar-refractivity contribution in [1.29, 1.82) is 0 Å². The molecule has 6 nitrogen and oxygen atoms in total. The lowest BCUT2D eigenvalue weighted by Gasteiger charge is -2.30. The van der Waals surface area contributed by atoms with Gasteiger partial charge in [0.05, 0.1) is 18.5 Å². The summed E-state index contributed by atoms with van der Waals surface area (Å²) in [6, 6.07) is 0.794. The Morgan fingerprint density at radius 1 is 1.04 bits per heavy atom. The van der Waals surface area contributed by atoms with Crippen molar-refractivity contribution >= 4 is 8.80 Å². The normalized spacial score (nSPS) is 14.6. The maximum Gasteiger partial charge on any atom is 0.500 e. The number of aliphatic hydroxyl groups is 1. The molecule has 0 bridgehead atoms. The molecular formula is C18H36N2O4Si. The van der Waals surface area contributed by atoms with Gasteiger partial charge >= 0.3 is 8.80 Å². The molecule has 0 saturated heterocycles. The average molecular weight is 373 g/mol. The highest BCUT2D eigenvalue weighted by Gasteiger charge is 2.40. The van der Waals surface area contributed by atoms with Crippen LogP contribution in [0.4, 0.5) is 0 Å². The van der Waals surface area contributed by atoms with Gasteiger partial charge in [-0.2, -0.15) is 0 Å². The third-order valence-electron chi connectivity index (χ3n) is 4.03. The van der Waals surface area contributed by atoms with Crippen LogP contribution in [0.2, 0.25) is 6.04 Å². The van der Waals surface area contributed by atoms with Gasteiger partial charge in [0.25, 0.3) is 0 Å². The summed E-state index contributed by atoms with van der Waals surface area (Å²) in [6.45, 7) is 10.1. The van der Waals surface area contributed by atoms with E-state index in [1.807, 2.05) is 17.7 Å². The Balaban J connectivity index is 2.70. The second kappa shape index (κ2) is 12.6. The first-order chi connectivity index (χ1) is 12.1. The van der Waals surface area contributed by atoms with Gasteiger partial charge in [-0.3, -0.25) is 0 Å². The van der Waals surface area contributed by atoms with Crippen molar-refractivity contribution < 1.29 is 18.4 Å². The molecule has 0 aliphatic carbocycles. The van der Waals surface area contributed by atoms with Crippen molar-refractivity contribution in [2.24, 2.45) is 0 Å². The van der Waals surface area contributed by atoms with Crippen LogP contribution in [0, 0.1) is 0 Å². The summed E-state index contributed by atoms with van der Waals surface area (Å²) in [5, 5.41) is 10.1. The second-order valence-corrected chi connectivity index (χ2v) is 9.17. The topological polar surface area (TPSA) is 65.7 Å². The minimum absolute atomic E-state index is 0.0118. The third-order valence-corrected chi connectivity index (χ3v) is 6.92. The summed E-state index contributed by atoms with van der Waals surface area (Å²) < 4.78 is 20.4. The van der Waals surface area contributed by atoms with E-state index in [0.29, 0.717) is 19.8 Å². The summed E-state index contributed by atoms with van der Waals surface area (Å²) in [5.74, 6) is 0. The average Bonchev–Trinajstić information content (AvgIpc) is 3.13. The largest absolute Gasteiger partial charge is 0.500 e. The summed E-state index contributed by atoms with van der Waals surface area (Å²) in [4.78, 5) is 4.09. The summed E-state index contributed by atoms with van der Waals surface area (Å²) in [7, 11) is -2.65. The van der Waals surface area contributed by atoms with Crippen LogP contribution in [-0.4, -0.2) is 49.4 Å². The highest BCUT2D eigenvalue weighted by atomic mass is 28.4. The van der Waals surface area contributed by atoms with Crippen LogP contribution in [-0.2, 0) is 13.3 Å². The molecule has 1 aromatic heterocycles. The predicted octanol–water partition coefficient (Wildman–Crippen LogP) is 3.80. The van der Waals surface area contributed by atoms with Gasteiger partial charge in [0.15, 0.2) is 0 Å². The van der Waals surface area contributed by atoms with Crippen LogP contribution >= 0.6 is 0 Å². The minimum Gasteiger partial charge on any atom is -0.391 e. The Bertz CT molecular complexity index is 407. The van der Waals surface area contributed by atoms with Gasteiger partial charge < -0.3 is 23.0 Å². The van der Waals surface area contributed by atoms with Gasteiger partial charge in [-0.15, -0.1) is 0 Å². The lowest BCUT2D eigenvalue weighted by Crippen LogP contribution is -2.46. The smallest absolute Gasteiger partial charge is 0.391 e. The highest BCUT2D eigenvalue weighted by molar-refractivity contribution is 6.60. The monoisotopic (exact) mass is 372 g/mol. The lowest BCUT2D eigenvalue weighted by molar-refractivity contribution is 0.0572. The van der Waals surface area contributed by atoms with Gasteiger partial charge in [0.2, 0.25) is 0 Å². The summed E-state index contributed by atoms with van der Waals surface area (Å²) in [5.41, 5.74) is 0. The van der Waals surface area contributed by atoms with Gasteiger partial charge in [0, 0.05) is 38.3 Å². The molecule has 0 aliphatic rings. The molecule has 0 aliphatic heterocycles. The van der Waals surface area contributed by atoms with Gasteiger partial charge in [-0.05, 0) is 39.0 Å². The van der Waals surface area contributed by atoms with Crippen LogP contribution in [0.1, 0.15) is 65.8 Å². The fraction of sp³-hybridized carbons (Fsp3) is 0.833. The van der Waals surface area contributed by atoms with E-state index in [2.05, 4.69) is 25.8 Å². The SMILES string of the molecule is CCCO[Si](CCCC(C(C)O)n1ccnc1)(OCCC)OCCC. The number of hydrogen-bond donors (Lipinski definition) is 1. The van der Waals surface area contributed by atoms with Crippen molar-refractivity contribution in [3.05, 3.63) is 18.7 Å². The first kappa shape index (κ1) is 22.3. The van der Waals surface area contributed by atoms with Crippen LogP contribution in [0.25, 0.3) is 0 Å². The van der Waals surface area contributed by atoms with E-state index in [-0.39, 0.29) is 6.04 Å². The standard InChI is InChI=1S/C18H36N2O4Si/c1-5-12-22-25(23-13-6-2,24-14-7-3)15-8-9-18(17(4)21)20-11-10-19-16-20/h10-11,16-18,21H,5-9,12-15H2,1-4H3. The fourth-order valence-corrected chi connectivity index (χ4v) is 5.61. The molecule has 1 N–H and O–H groups in total. The quantitative estimate of drug-likeness (QED) is 0.474. The van der Waals surface area contributed by atoms with Crippen molar-refractivity contribution in [3.63, 3.8) is 0 Å². The van der Waals surface area contributed by atoms with Crippen LogP contribution in [0.5, 0.6) is 0 Å². The van der Waals surface area contributed by atoms with Crippen molar-refractivity contribution in [2.45, 2.75) is 78.0 Å². The molecule has 146 valence electrons. The predicted molar refractivity (Wildman–Crippen MR) is 101 cm³/mol. The van der Waals surface area contributed by atoms with Gasteiger partial charge in [-0.25, -0.2) is 4.98 Å². The number of aliphatic hydroxyl groups excluding tert-OH is 1. The number of nitrogens with zero attached hydrogens (tertiary/aromatic N) is 2. The Hall–Kier alpha value is -0.733. The lowest BCUT2D eigenvalue weighted by atomic mass is 10.1. The number of rotatable bonds is 15. The summed E-state index contributed by atoms with van der Waals surface area (Å²) >= 11 is 0. The minimum atomic E-state index is -2.65. The zero-order valence-electron chi connectivity index (χ0n) is 16.3. The molecule has 0 fully saturated rings. The van der Waals surface area contributed by atoms with E-state index in [0.717, 1.165) is 38.1 Å². The van der Waals surface area contributed by atoms with Crippen LogP contribution in [0.3, 0.4) is 0 Å². The Labute approximate surface area is 153 Å². The molecule has 1 aromatic rings. The molecule has 2 atom stereocenters. The molecule has 7 heteroatoms. The highest BCUT2D eigenvalue weighted by Crippen LogP contribution is 2.25. The zero-order chi connectivity index (χ0) is 18.5. The number of imidazole rings is 1. The molecule has 2 unspecified atom stereocenters. The second-order valence-electron chi connectivity index (χ2n) is 6.44. The van der Waals surface area contributed by atoms with Crippen LogP contribution in [0.15, 0.2) is 18.7 Å². The molecule has 0 saturated carbocycles. The van der Waals surface area contributed by atoms with E-state index in [4.69, 9.17) is 13.3 Å². The first-order valence-corrected chi connectivity index (χ1v) is 11.6. The Morgan fingerprint density at radius 2 is 1.60 bits per heavy atom. The van der Waals surface area contributed by atoms with E-state index in [9.17, 15) is 5.11 Å². The summed E-state index contributed by atoms with van der Waals surface area (Å²) in [6.07, 6.45) is 9.54. The molecular weight excluding hydrogens is 336 g/mol. The van der Waals surface area contributed by atoms with Gasteiger partial charge in [0.1, 0.15) is 0 Å². The number of aromatic nitrogens is 2. The molecule has 0 radical (unpaired) electrons. The fourth-order valence-electron chi connectivity index (χ4n) is 2.75. The van der Waals surface area contributed by atoms with Crippen molar-refractivity contribution in [3.8, 4) is 0 Å². The number of hydrogen-bond acceptors (Lipinski definition) is 5. The molecule has 0 spiro atoms. The maximum atomic E-state index is 10.1. The molecule has 1 rings (SSSR count). The van der Waals surface area contributed by atoms with E-state index >= 15 is 0 Å². The molecule has 0 amide bonds. The molecule has 0 aromatic carbocycles. The maximum absolute atomic E-state index is 10.1. The Morgan fingerprint density at radius 3 is 2.00 bits per heavy atom. The first-order valence-electron chi connectivity index (χ1n) is 9.65. The van der Waals surface area contributed by atoms with E-state index in [1.54, 1.807) is 12.5 Å². The van der Waals surface area contributed by atoms with Gasteiger partial charge in [-0.1, -0.05) is 20.8 Å².